The first-order valence-corrected chi connectivity index (χ1v) is 11.2. The zero-order chi connectivity index (χ0) is 23.9. The summed E-state index contributed by atoms with van der Waals surface area (Å²) in [5, 5.41) is 15.1. The maximum absolute atomic E-state index is 11.2. The van der Waals surface area contributed by atoms with Crippen molar-refractivity contribution in [2.45, 2.75) is 12.1 Å². The van der Waals surface area contributed by atoms with Crippen LogP contribution in [-0.4, -0.2) is 21.8 Å². The number of non-ortho nitro benzene ring substituents is 1. The number of thiocarbonyl (C=S) groups is 1. The van der Waals surface area contributed by atoms with Gasteiger partial charge in [0.15, 0.2) is 16.6 Å². The molecule has 0 unspecified atom stereocenters. The molecule has 0 saturated carbocycles. The van der Waals surface area contributed by atoms with E-state index < -0.39 is 4.92 Å². The molecule has 0 bridgehead atoms. The second-order valence-corrected chi connectivity index (χ2v) is 8.43. The lowest BCUT2D eigenvalue weighted by Gasteiger charge is -2.26. The maximum atomic E-state index is 11.2. The highest BCUT2D eigenvalue weighted by molar-refractivity contribution is 7.80. The molecule has 0 amide bonds. The standard InChI is InChI=1S/C25H18N4O5S/c30-29(31)17-5-3-4-15(12-17)19-9-10-21(34-19)24-23(18-6-1-2-11-26-18)27-25(35)28(24)16-7-8-20-22(13-16)33-14-32-20/h1-13,23-24H,14H2,(H,27,35)/t23-,24+/m1/s1. The van der Waals surface area contributed by atoms with E-state index in [1.54, 1.807) is 18.3 Å². The van der Waals surface area contributed by atoms with E-state index in [-0.39, 0.29) is 24.6 Å². The fraction of sp³-hybridized carbons (Fsp3) is 0.120. The van der Waals surface area contributed by atoms with E-state index in [0.29, 0.717) is 33.7 Å². The molecule has 1 saturated heterocycles. The summed E-state index contributed by atoms with van der Waals surface area (Å²) in [6.45, 7) is 0.173. The molecule has 0 aliphatic carbocycles. The Hall–Kier alpha value is -4.44. The highest BCUT2D eigenvalue weighted by atomic mass is 32.1. The summed E-state index contributed by atoms with van der Waals surface area (Å²) < 4.78 is 17.3. The minimum Gasteiger partial charge on any atom is -0.459 e. The Morgan fingerprint density at radius 3 is 2.74 bits per heavy atom. The third-order valence-corrected chi connectivity index (χ3v) is 6.31. The summed E-state index contributed by atoms with van der Waals surface area (Å²) in [6, 6.07) is 20.7. The first-order chi connectivity index (χ1) is 17.1. The zero-order valence-corrected chi connectivity index (χ0v) is 19.0. The van der Waals surface area contributed by atoms with E-state index in [0.717, 1.165) is 11.4 Å². The van der Waals surface area contributed by atoms with Crippen LogP contribution < -0.4 is 19.7 Å². The lowest BCUT2D eigenvalue weighted by atomic mass is 10.0. The van der Waals surface area contributed by atoms with Gasteiger partial charge in [0.2, 0.25) is 6.79 Å². The predicted octanol–water partition coefficient (Wildman–Crippen LogP) is 5.16. The molecule has 2 aliphatic rings. The molecule has 1 fully saturated rings. The van der Waals surface area contributed by atoms with Gasteiger partial charge < -0.3 is 24.1 Å². The number of benzene rings is 2. The molecule has 2 aliphatic heterocycles. The van der Waals surface area contributed by atoms with Crippen LogP contribution >= 0.6 is 12.2 Å². The monoisotopic (exact) mass is 486 g/mol. The molecule has 4 aromatic rings. The molecular formula is C25H18N4O5S. The van der Waals surface area contributed by atoms with Crippen LogP contribution in [-0.2, 0) is 0 Å². The molecule has 2 aromatic heterocycles. The number of nitro groups is 1. The number of nitrogens with zero attached hydrogens (tertiary/aromatic N) is 3. The minimum atomic E-state index is -0.425. The first kappa shape index (κ1) is 21.1. The van der Waals surface area contributed by atoms with E-state index in [2.05, 4.69) is 10.3 Å². The largest absolute Gasteiger partial charge is 0.459 e. The number of furan rings is 1. The van der Waals surface area contributed by atoms with Gasteiger partial charge in [-0.2, -0.15) is 0 Å². The van der Waals surface area contributed by atoms with Crippen molar-refractivity contribution in [1.29, 1.82) is 0 Å². The number of fused-ring (bicyclic) bond motifs is 1. The van der Waals surface area contributed by atoms with Crippen LogP contribution in [0.2, 0.25) is 0 Å². The molecule has 1 N–H and O–H groups in total. The first-order valence-electron chi connectivity index (χ1n) is 10.8. The Labute approximate surface area is 205 Å². The Kier molecular flexibility index (Phi) is 5.07. The van der Waals surface area contributed by atoms with Gasteiger partial charge >= 0.3 is 0 Å². The van der Waals surface area contributed by atoms with Crippen molar-refractivity contribution in [3.63, 3.8) is 0 Å². The quantitative estimate of drug-likeness (QED) is 0.233. The molecule has 10 heteroatoms. The average Bonchev–Trinajstić information content (AvgIpc) is 3.62. The summed E-state index contributed by atoms with van der Waals surface area (Å²) in [5.74, 6) is 2.47. The lowest BCUT2D eigenvalue weighted by molar-refractivity contribution is -0.384. The summed E-state index contributed by atoms with van der Waals surface area (Å²) in [6.07, 6.45) is 1.73. The highest BCUT2D eigenvalue weighted by Gasteiger charge is 2.43. The summed E-state index contributed by atoms with van der Waals surface area (Å²) >= 11 is 5.75. The van der Waals surface area contributed by atoms with Crippen LogP contribution in [0, 0.1) is 10.1 Å². The third-order valence-electron chi connectivity index (χ3n) is 5.99. The molecule has 2 aromatic carbocycles. The number of aromatic nitrogens is 1. The van der Waals surface area contributed by atoms with Gasteiger partial charge in [0.25, 0.3) is 5.69 Å². The number of hydrogen-bond donors (Lipinski definition) is 1. The molecule has 174 valence electrons. The van der Waals surface area contributed by atoms with Gasteiger partial charge in [0.05, 0.1) is 16.7 Å². The second kappa shape index (κ2) is 8.41. The van der Waals surface area contributed by atoms with Crippen LogP contribution in [0.3, 0.4) is 0 Å². The minimum absolute atomic E-state index is 0.00231. The van der Waals surface area contributed by atoms with Crippen molar-refractivity contribution in [3.8, 4) is 22.8 Å². The molecule has 6 rings (SSSR count). The molecule has 2 atom stereocenters. The van der Waals surface area contributed by atoms with Crippen molar-refractivity contribution < 1.29 is 18.8 Å². The lowest BCUT2D eigenvalue weighted by Crippen LogP contribution is -2.29. The number of rotatable bonds is 5. The van der Waals surface area contributed by atoms with E-state index in [1.165, 1.54) is 12.1 Å². The summed E-state index contributed by atoms with van der Waals surface area (Å²) in [5.41, 5.74) is 2.22. The molecule has 35 heavy (non-hydrogen) atoms. The molecule has 9 nitrogen and oxygen atoms in total. The molecular weight excluding hydrogens is 468 g/mol. The van der Waals surface area contributed by atoms with Crippen molar-refractivity contribution in [1.82, 2.24) is 10.3 Å². The van der Waals surface area contributed by atoms with Gasteiger partial charge in [-0.3, -0.25) is 15.1 Å². The van der Waals surface area contributed by atoms with Crippen LogP contribution in [0.15, 0.2) is 83.4 Å². The van der Waals surface area contributed by atoms with Crippen LogP contribution in [0.4, 0.5) is 11.4 Å². The number of anilines is 1. The van der Waals surface area contributed by atoms with Crippen molar-refractivity contribution >= 4 is 28.7 Å². The van der Waals surface area contributed by atoms with Gasteiger partial charge in [-0.05, 0) is 48.6 Å². The van der Waals surface area contributed by atoms with Crippen molar-refractivity contribution in [2.75, 3.05) is 11.7 Å². The topological polar surface area (TPSA) is 103 Å². The average molecular weight is 487 g/mol. The smallest absolute Gasteiger partial charge is 0.270 e. The SMILES string of the molecule is O=[N+]([O-])c1cccc(-c2ccc([C@H]3[C@@H](c4ccccn4)NC(=S)N3c3ccc4c(c3)OCO4)o2)c1. The van der Waals surface area contributed by atoms with Gasteiger partial charge in [-0.15, -0.1) is 0 Å². The fourth-order valence-electron chi connectivity index (χ4n) is 4.40. The van der Waals surface area contributed by atoms with E-state index >= 15 is 0 Å². The highest BCUT2D eigenvalue weighted by Crippen LogP contribution is 2.45. The maximum Gasteiger partial charge on any atom is 0.270 e. The predicted molar refractivity (Wildman–Crippen MR) is 131 cm³/mol. The molecule has 0 radical (unpaired) electrons. The summed E-state index contributed by atoms with van der Waals surface area (Å²) in [4.78, 5) is 17.3. The number of nitrogens with one attached hydrogen (secondary N) is 1. The second-order valence-electron chi connectivity index (χ2n) is 8.04. The van der Waals surface area contributed by atoms with Crippen LogP contribution in [0.1, 0.15) is 23.5 Å². The van der Waals surface area contributed by atoms with Crippen LogP contribution in [0.25, 0.3) is 11.3 Å². The van der Waals surface area contributed by atoms with Gasteiger partial charge in [0.1, 0.15) is 17.6 Å². The fourth-order valence-corrected chi connectivity index (χ4v) is 4.74. The zero-order valence-electron chi connectivity index (χ0n) is 18.2. The number of ether oxygens (including phenoxy) is 2. The Balaban J connectivity index is 1.43. The summed E-state index contributed by atoms with van der Waals surface area (Å²) in [7, 11) is 0. The molecule has 4 heterocycles. The Morgan fingerprint density at radius 1 is 1.03 bits per heavy atom. The van der Waals surface area contributed by atoms with Gasteiger partial charge in [-0.1, -0.05) is 18.2 Å². The normalized spacial score (nSPS) is 18.5. The number of hydrogen-bond acceptors (Lipinski definition) is 7. The van der Waals surface area contributed by atoms with Crippen molar-refractivity contribution in [3.05, 3.63) is 101 Å². The van der Waals surface area contributed by atoms with E-state index in [1.807, 2.05) is 53.4 Å². The van der Waals surface area contributed by atoms with Crippen LogP contribution in [0.5, 0.6) is 11.5 Å². The van der Waals surface area contributed by atoms with Gasteiger partial charge in [0, 0.05) is 35.6 Å². The number of pyridine rings is 1. The Morgan fingerprint density at radius 2 is 1.91 bits per heavy atom. The van der Waals surface area contributed by atoms with Gasteiger partial charge in [-0.25, -0.2) is 0 Å². The Bertz CT molecular complexity index is 1440. The molecule has 0 spiro atoms. The van der Waals surface area contributed by atoms with E-state index in [9.17, 15) is 10.1 Å². The van der Waals surface area contributed by atoms with E-state index in [4.69, 9.17) is 26.1 Å². The number of nitro benzene ring substituents is 1. The van der Waals surface area contributed by atoms with Crippen molar-refractivity contribution in [2.24, 2.45) is 0 Å². The third kappa shape index (κ3) is 3.73.